The molecule has 0 saturated carbocycles. The predicted octanol–water partition coefficient (Wildman–Crippen LogP) is 3.47. The fourth-order valence-electron chi connectivity index (χ4n) is 2.58. The van der Waals surface area contributed by atoms with Gasteiger partial charge in [0, 0.05) is 20.0 Å². The van der Waals surface area contributed by atoms with E-state index in [0.29, 0.717) is 24.8 Å². The van der Waals surface area contributed by atoms with Crippen LogP contribution in [0.25, 0.3) is 0 Å². The Morgan fingerprint density at radius 1 is 1.07 bits per heavy atom. The monoisotopic (exact) mass is 391 g/mol. The summed E-state index contributed by atoms with van der Waals surface area (Å²) in [5, 5.41) is 0. The normalized spacial score (nSPS) is 11.3. The summed E-state index contributed by atoms with van der Waals surface area (Å²) >= 11 is 0. The van der Waals surface area contributed by atoms with Crippen LogP contribution in [-0.2, 0) is 21.5 Å². The molecule has 0 aromatic heterocycles. The topological polar surface area (TPSA) is 72.9 Å². The fourth-order valence-corrected chi connectivity index (χ4v) is 3.50. The van der Waals surface area contributed by atoms with Crippen molar-refractivity contribution in [3.05, 3.63) is 54.1 Å². The van der Waals surface area contributed by atoms with Crippen molar-refractivity contribution in [1.29, 1.82) is 0 Å². The number of nitrogens with zero attached hydrogens (tertiary/aromatic N) is 1. The van der Waals surface area contributed by atoms with Crippen molar-refractivity contribution >= 4 is 16.0 Å². The number of carbonyl (C=O) groups is 1. The molecule has 0 fully saturated rings. The van der Waals surface area contributed by atoms with Gasteiger partial charge in [0.05, 0.1) is 7.11 Å². The summed E-state index contributed by atoms with van der Waals surface area (Å²) in [5.74, 6) is 1.08. The van der Waals surface area contributed by atoms with Gasteiger partial charge in [-0.2, -0.15) is 8.42 Å². The van der Waals surface area contributed by atoms with Crippen LogP contribution in [0.15, 0.2) is 53.4 Å². The van der Waals surface area contributed by atoms with Gasteiger partial charge in [-0.1, -0.05) is 26.0 Å². The molecule has 0 unspecified atom stereocenters. The first kappa shape index (κ1) is 20.8. The molecule has 7 heteroatoms. The molecule has 0 spiro atoms. The van der Waals surface area contributed by atoms with Gasteiger partial charge in [0.2, 0.25) is 5.91 Å². The van der Waals surface area contributed by atoms with Crippen LogP contribution in [0, 0.1) is 5.92 Å². The number of amides is 1. The number of ether oxygens (including phenoxy) is 1. The highest BCUT2D eigenvalue weighted by molar-refractivity contribution is 7.87. The molecule has 0 aliphatic heterocycles. The Bertz CT molecular complexity index is 876. The maximum Gasteiger partial charge on any atom is 0.339 e. The second-order valence-corrected chi connectivity index (χ2v) is 8.20. The Kier molecular flexibility index (Phi) is 6.85. The highest BCUT2D eigenvalue weighted by Crippen LogP contribution is 2.22. The summed E-state index contributed by atoms with van der Waals surface area (Å²) in [4.78, 5) is 13.6. The third-order valence-corrected chi connectivity index (χ3v) is 5.12. The van der Waals surface area contributed by atoms with Crippen molar-refractivity contribution < 1.29 is 22.1 Å². The molecule has 0 bridgehead atoms. The number of hydrogen-bond acceptors (Lipinski definition) is 5. The van der Waals surface area contributed by atoms with Crippen LogP contribution in [-0.4, -0.2) is 32.9 Å². The van der Waals surface area contributed by atoms with E-state index in [9.17, 15) is 13.2 Å². The Hall–Kier alpha value is -2.54. The van der Waals surface area contributed by atoms with Crippen LogP contribution in [0.4, 0.5) is 0 Å². The molecule has 0 N–H and O–H groups in total. The summed E-state index contributed by atoms with van der Waals surface area (Å²) in [6.07, 6.45) is 0. The third kappa shape index (κ3) is 5.99. The molecule has 146 valence electrons. The number of rotatable bonds is 8. The number of carbonyl (C=O) groups excluding carboxylic acids is 1. The zero-order valence-corrected chi connectivity index (χ0v) is 16.8. The molecule has 0 heterocycles. The average molecular weight is 391 g/mol. The van der Waals surface area contributed by atoms with E-state index >= 15 is 0 Å². The summed E-state index contributed by atoms with van der Waals surface area (Å²) in [6.45, 7) is 6.63. The Balaban J connectivity index is 2.17. The minimum Gasteiger partial charge on any atom is -0.497 e. The largest absolute Gasteiger partial charge is 0.497 e. The lowest BCUT2D eigenvalue weighted by Crippen LogP contribution is -2.31. The zero-order chi connectivity index (χ0) is 20.0. The van der Waals surface area contributed by atoms with E-state index < -0.39 is 10.1 Å². The van der Waals surface area contributed by atoms with Crippen LogP contribution in [0.5, 0.6) is 11.5 Å². The standard InChI is InChI=1S/C20H25NO5S/c1-15(2)13-21(16(3)22)14-17-6-5-7-19(12-17)26-27(23,24)20-10-8-18(25-4)9-11-20/h5-12,15H,13-14H2,1-4H3. The zero-order valence-electron chi connectivity index (χ0n) is 16.0. The van der Waals surface area contributed by atoms with E-state index in [2.05, 4.69) is 0 Å². The van der Waals surface area contributed by atoms with Gasteiger partial charge in [-0.3, -0.25) is 4.79 Å². The molecule has 0 aliphatic rings. The highest BCUT2D eigenvalue weighted by Gasteiger charge is 2.17. The lowest BCUT2D eigenvalue weighted by atomic mass is 10.1. The van der Waals surface area contributed by atoms with Crippen LogP contribution in [0.3, 0.4) is 0 Å². The first-order valence-electron chi connectivity index (χ1n) is 8.64. The Labute approximate surface area is 160 Å². The van der Waals surface area contributed by atoms with Gasteiger partial charge in [0.15, 0.2) is 0 Å². The number of methoxy groups -OCH3 is 1. The minimum atomic E-state index is -3.95. The molecule has 6 nitrogen and oxygen atoms in total. The van der Waals surface area contributed by atoms with Crippen molar-refractivity contribution in [2.75, 3.05) is 13.7 Å². The highest BCUT2D eigenvalue weighted by atomic mass is 32.2. The van der Waals surface area contributed by atoms with Crippen molar-refractivity contribution in [3.63, 3.8) is 0 Å². The molecule has 0 radical (unpaired) electrons. The van der Waals surface area contributed by atoms with Crippen molar-refractivity contribution in [2.45, 2.75) is 32.2 Å². The molecule has 2 aromatic carbocycles. The first-order chi connectivity index (χ1) is 12.7. The van der Waals surface area contributed by atoms with Gasteiger partial charge < -0.3 is 13.8 Å². The van der Waals surface area contributed by atoms with E-state index in [-0.39, 0.29) is 16.6 Å². The lowest BCUT2D eigenvalue weighted by Gasteiger charge is -2.23. The van der Waals surface area contributed by atoms with Crippen LogP contribution < -0.4 is 8.92 Å². The van der Waals surface area contributed by atoms with E-state index in [1.807, 2.05) is 19.9 Å². The molecule has 0 atom stereocenters. The van der Waals surface area contributed by atoms with Crippen molar-refractivity contribution in [1.82, 2.24) is 4.90 Å². The summed E-state index contributed by atoms with van der Waals surface area (Å²) < 4.78 is 35.2. The van der Waals surface area contributed by atoms with Crippen LogP contribution in [0.1, 0.15) is 26.3 Å². The second-order valence-electron chi connectivity index (χ2n) is 6.65. The van der Waals surface area contributed by atoms with Gasteiger partial charge in [0.1, 0.15) is 16.4 Å². The maximum absolute atomic E-state index is 12.5. The van der Waals surface area contributed by atoms with Gasteiger partial charge in [-0.15, -0.1) is 0 Å². The molecule has 0 saturated heterocycles. The molecule has 2 aromatic rings. The summed E-state index contributed by atoms with van der Waals surface area (Å²) in [7, 11) is -2.45. The Morgan fingerprint density at radius 3 is 2.30 bits per heavy atom. The molecular formula is C20H25NO5S. The molecule has 2 rings (SSSR count). The second kappa shape index (κ2) is 8.90. The van der Waals surface area contributed by atoms with Gasteiger partial charge in [-0.05, 0) is 47.9 Å². The molecule has 0 aliphatic carbocycles. The average Bonchev–Trinajstić information content (AvgIpc) is 2.60. The molecule has 27 heavy (non-hydrogen) atoms. The maximum atomic E-state index is 12.5. The molecule has 1 amide bonds. The van der Waals surface area contributed by atoms with E-state index in [1.165, 1.54) is 26.2 Å². The van der Waals surface area contributed by atoms with Crippen molar-refractivity contribution in [2.24, 2.45) is 5.92 Å². The Morgan fingerprint density at radius 2 is 1.74 bits per heavy atom. The smallest absolute Gasteiger partial charge is 0.339 e. The minimum absolute atomic E-state index is 0.0270. The predicted molar refractivity (Wildman–Crippen MR) is 103 cm³/mol. The third-order valence-electron chi connectivity index (χ3n) is 3.86. The van der Waals surface area contributed by atoms with E-state index in [0.717, 1.165) is 5.56 Å². The number of hydrogen-bond donors (Lipinski definition) is 0. The molecular weight excluding hydrogens is 366 g/mol. The first-order valence-corrected chi connectivity index (χ1v) is 10.0. The van der Waals surface area contributed by atoms with Crippen LogP contribution in [0.2, 0.25) is 0 Å². The van der Waals surface area contributed by atoms with Crippen LogP contribution >= 0.6 is 0 Å². The SMILES string of the molecule is COc1ccc(S(=O)(=O)Oc2cccc(CN(CC(C)C)C(C)=O)c2)cc1. The lowest BCUT2D eigenvalue weighted by molar-refractivity contribution is -0.130. The summed E-state index contributed by atoms with van der Waals surface area (Å²) in [6, 6.07) is 12.7. The van der Waals surface area contributed by atoms with Crippen molar-refractivity contribution in [3.8, 4) is 11.5 Å². The van der Waals surface area contributed by atoms with E-state index in [1.54, 1.807) is 35.2 Å². The summed E-state index contributed by atoms with van der Waals surface area (Å²) in [5.41, 5.74) is 0.799. The van der Waals surface area contributed by atoms with Gasteiger partial charge >= 0.3 is 10.1 Å². The van der Waals surface area contributed by atoms with Gasteiger partial charge in [0.25, 0.3) is 0 Å². The quantitative estimate of drug-likeness (QED) is 0.644. The number of benzene rings is 2. The van der Waals surface area contributed by atoms with E-state index in [4.69, 9.17) is 8.92 Å². The fraction of sp³-hybridized carbons (Fsp3) is 0.350. The van der Waals surface area contributed by atoms with Gasteiger partial charge in [-0.25, -0.2) is 0 Å².